The summed E-state index contributed by atoms with van der Waals surface area (Å²) in [5.41, 5.74) is 2.71. The quantitative estimate of drug-likeness (QED) is 0.578. The van der Waals surface area contributed by atoms with Crippen LogP contribution in [-0.2, 0) is 18.4 Å². The summed E-state index contributed by atoms with van der Waals surface area (Å²) in [6, 6.07) is 13.1. The number of aromatic nitrogens is 3. The lowest BCUT2D eigenvalue weighted by atomic mass is 10.1. The van der Waals surface area contributed by atoms with Crippen LogP contribution >= 0.6 is 23.4 Å². The number of carbonyl (C=O) groups excluding carboxylic acids is 1. The molecule has 0 fully saturated rings. The third kappa shape index (κ3) is 5.05. The molecule has 3 aromatic rings. The second kappa shape index (κ2) is 9.12. The predicted octanol–water partition coefficient (Wildman–Crippen LogP) is 4.40. The van der Waals surface area contributed by atoms with Gasteiger partial charge in [0.2, 0.25) is 5.91 Å². The van der Waals surface area contributed by atoms with Gasteiger partial charge in [-0.05, 0) is 49.2 Å². The van der Waals surface area contributed by atoms with E-state index in [-0.39, 0.29) is 18.3 Å². The number of benzene rings is 2. The highest BCUT2D eigenvalue weighted by Crippen LogP contribution is 2.26. The van der Waals surface area contributed by atoms with E-state index in [0.29, 0.717) is 11.0 Å². The smallest absolute Gasteiger partial charge is 0.234 e. The van der Waals surface area contributed by atoms with Gasteiger partial charge >= 0.3 is 0 Å². The van der Waals surface area contributed by atoms with Crippen molar-refractivity contribution >= 4 is 35.0 Å². The number of nitrogens with zero attached hydrogens (tertiary/aromatic N) is 3. The summed E-state index contributed by atoms with van der Waals surface area (Å²) in [4.78, 5) is 12.1. The minimum absolute atomic E-state index is 0.0934. The zero-order valence-corrected chi connectivity index (χ0v) is 17.5. The summed E-state index contributed by atoms with van der Waals surface area (Å²) in [5, 5.41) is 12.6. The van der Waals surface area contributed by atoms with Crippen LogP contribution in [0.5, 0.6) is 5.75 Å². The topological polar surface area (TPSA) is 69.0 Å². The van der Waals surface area contributed by atoms with Gasteiger partial charge in [0.15, 0.2) is 11.0 Å². The highest BCUT2D eigenvalue weighted by Gasteiger charge is 2.13. The Hall–Kier alpha value is -2.51. The van der Waals surface area contributed by atoms with Crippen LogP contribution in [0.3, 0.4) is 0 Å². The first-order chi connectivity index (χ1) is 13.4. The highest BCUT2D eigenvalue weighted by atomic mass is 35.5. The molecule has 0 aliphatic heterocycles. The molecule has 0 aliphatic rings. The van der Waals surface area contributed by atoms with Crippen molar-refractivity contribution < 1.29 is 9.53 Å². The average molecular weight is 417 g/mol. The molecular formula is C20H21ClN4O2S. The molecule has 0 atom stereocenters. The Labute approximate surface area is 173 Å². The van der Waals surface area contributed by atoms with Crippen molar-refractivity contribution in [2.75, 3.05) is 11.1 Å². The maximum absolute atomic E-state index is 12.1. The second-order valence-electron chi connectivity index (χ2n) is 6.32. The molecule has 146 valence electrons. The van der Waals surface area contributed by atoms with Gasteiger partial charge < -0.3 is 14.6 Å². The first-order valence-electron chi connectivity index (χ1n) is 8.69. The molecule has 0 bridgehead atoms. The molecule has 0 saturated carbocycles. The number of carbonyl (C=O) groups is 1. The fraction of sp³-hybridized carbons (Fsp3) is 0.250. The molecule has 28 heavy (non-hydrogen) atoms. The van der Waals surface area contributed by atoms with Crippen molar-refractivity contribution in [1.29, 1.82) is 0 Å². The van der Waals surface area contributed by atoms with Crippen molar-refractivity contribution in [3.63, 3.8) is 0 Å². The van der Waals surface area contributed by atoms with Crippen LogP contribution in [0, 0.1) is 13.8 Å². The Balaban J connectivity index is 1.55. The number of aryl methyl sites for hydroxylation is 2. The number of hydrogen-bond acceptors (Lipinski definition) is 5. The van der Waals surface area contributed by atoms with Gasteiger partial charge in [0, 0.05) is 17.8 Å². The third-order valence-corrected chi connectivity index (χ3v) is 5.71. The third-order valence-electron chi connectivity index (χ3n) is 4.09. The van der Waals surface area contributed by atoms with Crippen LogP contribution in [0.2, 0.25) is 5.02 Å². The monoisotopic (exact) mass is 416 g/mol. The fourth-order valence-corrected chi connectivity index (χ4v) is 3.42. The average Bonchev–Trinajstić information content (AvgIpc) is 3.03. The number of nitrogens with one attached hydrogen (secondary N) is 1. The zero-order valence-electron chi connectivity index (χ0n) is 15.9. The Bertz CT molecular complexity index is 953. The first kappa shape index (κ1) is 20.2. The van der Waals surface area contributed by atoms with E-state index in [4.69, 9.17) is 16.3 Å². The van der Waals surface area contributed by atoms with E-state index in [1.807, 2.05) is 67.9 Å². The summed E-state index contributed by atoms with van der Waals surface area (Å²) >= 11 is 7.52. The van der Waals surface area contributed by atoms with E-state index in [0.717, 1.165) is 27.6 Å². The number of hydrogen-bond donors (Lipinski definition) is 1. The summed E-state index contributed by atoms with van der Waals surface area (Å²) in [6.07, 6.45) is 0. The molecule has 0 saturated heterocycles. The molecule has 1 aromatic heterocycles. The van der Waals surface area contributed by atoms with Gasteiger partial charge in [-0.25, -0.2) is 0 Å². The van der Waals surface area contributed by atoms with Gasteiger partial charge in [0.1, 0.15) is 12.4 Å². The minimum Gasteiger partial charge on any atom is -0.486 e. The van der Waals surface area contributed by atoms with Gasteiger partial charge in [0.05, 0.1) is 5.75 Å². The number of thioether (sulfide) groups is 1. The molecule has 6 nitrogen and oxygen atoms in total. The van der Waals surface area contributed by atoms with Crippen LogP contribution in [0.1, 0.15) is 17.0 Å². The Kier molecular flexibility index (Phi) is 6.59. The lowest BCUT2D eigenvalue weighted by Gasteiger charge is -2.10. The SMILES string of the molecule is Cc1cc(OCc2nnc(SCC(=O)Nc3ccccc3)n2C)cc(C)c1Cl. The second-order valence-corrected chi connectivity index (χ2v) is 7.64. The largest absolute Gasteiger partial charge is 0.486 e. The summed E-state index contributed by atoms with van der Waals surface area (Å²) < 4.78 is 7.67. The molecule has 1 heterocycles. The zero-order chi connectivity index (χ0) is 20.1. The van der Waals surface area contributed by atoms with E-state index in [2.05, 4.69) is 15.5 Å². The van der Waals surface area contributed by atoms with Crippen LogP contribution in [-0.4, -0.2) is 26.4 Å². The predicted molar refractivity (Wildman–Crippen MR) is 112 cm³/mol. The molecule has 0 unspecified atom stereocenters. The first-order valence-corrected chi connectivity index (χ1v) is 10.1. The van der Waals surface area contributed by atoms with E-state index in [1.165, 1.54) is 11.8 Å². The van der Waals surface area contributed by atoms with Crippen LogP contribution in [0.25, 0.3) is 0 Å². The molecular weight excluding hydrogens is 396 g/mol. The van der Waals surface area contributed by atoms with Crippen LogP contribution in [0.4, 0.5) is 5.69 Å². The summed E-state index contributed by atoms with van der Waals surface area (Å²) in [6.45, 7) is 4.17. The lowest BCUT2D eigenvalue weighted by Crippen LogP contribution is -2.14. The Morgan fingerprint density at radius 1 is 1.18 bits per heavy atom. The summed E-state index contributed by atoms with van der Waals surface area (Å²) in [7, 11) is 1.86. The van der Waals surface area contributed by atoms with Crippen molar-refractivity contribution in [2.24, 2.45) is 7.05 Å². The number of halogens is 1. The lowest BCUT2D eigenvalue weighted by molar-refractivity contribution is -0.113. The molecule has 0 aliphatic carbocycles. The van der Waals surface area contributed by atoms with Crippen molar-refractivity contribution in [1.82, 2.24) is 14.8 Å². The standard InChI is InChI=1S/C20H21ClN4O2S/c1-13-9-16(10-14(2)19(13)21)27-11-17-23-24-20(25(17)3)28-12-18(26)22-15-7-5-4-6-8-15/h4-10H,11-12H2,1-3H3,(H,22,26). The Morgan fingerprint density at radius 3 is 2.54 bits per heavy atom. The van der Waals surface area contributed by atoms with Crippen molar-refractivity contribution in [2.45, 2.75) is 25.6 Å². The van der Waals surface area contributed by atoms with E-state index >= 15 is 0 Å². The maximum Gasteiger partial charge on any atom is 0.234 e. The van der Waals surface area contributed by atoms with E-state index < -0.39 is 0 Å². The number of ether oxygens (including phenoxy) is 1. The maximum atomic E-state index is 12.1. The van der Waals surface area contributed by atoms with E-state index in [1.54, 1.807) is 0 Å². The molecule has 1 amide bonds. The van der Waals surface area contributed by atoms with Crippen LogP contribution in [0.15, 0.2) is 47.6 Å². The molecule has 3 rings (SSSR count). The number of para-hydroxylation sites is 1. The minimum atomic E-state index is -0.0934. The molecule has 1 N–H and O–H groups in total. The molecule has 2 aromatic carbocycles. The van der Waals surface area contributed by atoms with Gasteiger partial charge in [0.25, 0.3) is 0 Å². The summed E-state index contributed by atoms with van der Waals surface area (Å²) in [5.74, 6) is 1.57. The molecule has 8 heteroatoms. The number of anilines is 1. The van der Waals surface area contributed by atoms with Gasteiger partial charge in [-0.15, -0.1) is 10.2 Å². The van der Waals surface area contributed by atoms with E-state index in [9.17, 15) is 4.79 Å². The Morgan fingerprint density at radius 2 is 1.86 bits per heavy atom. The normalized spacial score (nSPS) is 10.7. The van der Waals surface area contributed by atoms with Gasteiger partial charge in [-0.2, -0.15) is 0 Å². The number of amides is 1. The van der Waals surface area contributed by atoms with Crippen molar-refractivity contribution in [3.8, 4) is 5.75 Å². The van der Waals surface area contributed by atoms with Gasteiger partial charge in [-0.3, -0.25) is 4.79 Å². The number of rotatable bonds is 7. The fourth-order valence-electron chi connectivity index (χ4n) is 2.58. The van der Waals surface area contributed by atoms with Crippen LogP contribution < -0.4 is 10.1 Å². The molecule has 0 spiro atoms. The van der Waals surface area contributed by atoms with Crippen molar-refractivity contribution in [3.05, 3.63) is 64.4 Å². The molecule has 0 radical (unpaired) electrons. The highest BCUT2D eigenvalue weighted by molar-refractivity contribution is 7.99. The van der Waals surface area contributed by atoms with Gasteiger partial charge in [-0.1, -0.05) is 41.6 Å².